The minimum atomic E-state index is -4.77. The number of hydrogen-bond donors (Lipinski definition) is 2. The predicted octanol–water partition coefficient (Wildman–Crippen LogP) is 7.05. The minimum absolute atomic E-state index is 0.316. The molecule has 0 unspecified atom stereocenters. The highest BCUT2D eigenvalue weighted by Gasteiger charge is 2.30. The van der Waals surface area contributed by atoms with Crippen molar-refractivity contribution in [3.05, 3.63) is 88.9 Å². The third kappa shape index (κ3) is 6.56. The third-order valence-electron chi connectivity index (χ3n) is 3.88. The van der Waals surface area contributed by atoms with Gasteiger partial charge in [-0.2, -0.15) is 0 Å². The van der Waals surface area contributed by atoms with E-state index in [0.717, 1.165) is 23.3 Å². The lowest BCUT2D eigenvalue weighted by Crippen LogP contribution is -2.20. The fourth-order valence-electron chi connectivity index (χ4n) is 2.54. The summed E-state index contributed by atoms with van der Waals surface area (Å²) in [6.45, 7) is 0. The lowest BCUT2D eigenvalue weighted by Gasteiger charge is -2.11. The van der Waals surface area contributed by atoms with Crippen LogP contribution in [0.1, 0.15) is 11.1 Å². The van der Waals surface area contributed by atoms with Crippen LogP contribution in [0.25, 0.3) is 12.2 Å². The summed E-state index contributed by atoms with van der Waals surface area (Å²) in [4.78, 5) is 12.3. The monoisotopic (exact) mass is 432 g/mol. The second kappa shape index (κ2) is 9.37. The molecule has 8 heteroatoms. The number of benzene rings is 3. The molecule has 0 aliphatic carbocycles. The first-order chi connectivity index (χ1) is 14.3. The topological polar surface area (TPSA) is 50.4 Å². The molecular weight excluding hydrogens is 417 g/mol. The molecular formula is C22H16ClF3N2O2. The van der Waals surface area contributed by atoms with Gasteiger partial charge in [-0.25, -0.2) is 4.79 Å². The highest BCUT2D eigenvalue weighted by Crippen LogP contribution is 2.24. The normalized spacial score (nSPS) is 11.3. The molecule has 4 nitrogen and oxygen atoms in total. The van der Waals surface area contributed by atoms with E-state index in [0.29, 0.717) is 16.4 Å². The summed E-state index contributed by atoms with van der Waals surface area (Å²) >= 11 is 5.88. The van der Waals surface area contributed by atoms with Crippen LogP contribution in [-0.2, 0) is 0 Å². The van der Waals surface area contributed by atoms with Crippen molar-refractivity contribution in [2.75, 3.05) is 10.6 Å². The Labute approximate surface area is 175 Å². The molecule has 0 bridgehead atoms. The molecule has 0 aromatic heterocycles. The highest BCUT2D eigenvalue weighted by atomic mass is 35.5. The van der Waals surface area contributed by atoms with Gasteiger partial charge in [-0.1, -0.05) is 54.1 Å². The zero-order valence-electron chi connectivity index (χ0n) is 15.4. The van der Waals surface area contributed by atoms with Gasteiger partial charge in [-0.05, 0) is 53.6 Å². The molecule has 0 radical (unpaired) electrons. The molecule has 0 aliphatic rings. The van der Waals surface area contributed by atoms with Crippen molar-refractivity contribution in [2.45, 2.75) is 6.36 Å². The summed E-state index contributed by atoms with van der Waals surface area (Å²) in [7, 11) is 0. The number of ether oxygens (including phenoxy) is 1. The number of carbonyl (C=O) groups is 1. The first-order valence-electron chi connectivity index (χ1n) is 8.75. The van der Waals surface area contributed by atoms with E-state index in [9.17, 15) is 18.0 Å². The van der Waals surface area contributed by atoms with E-state index in [1.807, 2.05) is 36.4 Å². The van der Waals surface area contributed by atoms with Gasteiger partial charge >= 0.3 is 12.4 Å². The van der Waals surface area contributed by atoms with Crippen LogP contribution in [0.5, 0.6) is 5.75 Å². The van der Waals surface area contributed by atoms with Gasteiger partial charge in [0.2, 0.25) is 0 Å². The Bertz CT molecular complexity index is 1030. The average molecular weight is 433 g/mol. The molecule has 2 N–H and O–H groups in total. The Balaban J connectivity index is 1.65. The molecule has 30 heavy (non-hydrogen) atoms. The molecule has 0 saturated heterocycles. The minimum Gasteiger partial charge on any atom is -0.406 e. The summed E-state index contributed by atoms with van der Waals surface area (Å²) in [6.07, 6.45) is -1.04. The Morgan fingerprint density at radius 1 is 0.867 bits per heavy atom. The van der Waals surface area contributed by atoms with Gasteiger partial charge in [0.15, 0.2) is 0 Å². The lowest BCUT2D eigenvalue weighted by atomic mass is 10.1. The maximum atomic E-state index is 12.3. The molecule has 0 aliphatic heterocycles. The van der Waals surface area contributed by atoms with E-state index in [1.165, 1.54) is 12.1 Å². The first kappa shape index (κ1) is 21.3. The molecule has 0 spiro atoms. The van der Waals surface area contributed by atoms with Crippen molar-refractivity contribution in [3.8, 4) is 5.75 Å². The second-order valence-corrected chi connectivity index (χ2v) is 6.56. The number of hydrogen-bond acceptors (Lipinski definition) is 2. The summed E-state index contributed by atoms with van der Waals surface area (Å²) in [5.74, 6) is -0.369. The third-order valence-corrected chi connectivity index (χ3v) is 4.13. The van der Waals surface area contributed by atoms with Gasteiger partial charge in [0.05, 0.1) is 0 Å². The van der Waals surface area contributed by atoms with Crippen LogP contribution < -0.4 is 15.4 Å². The van der Waals surface area contributed by atoms with Crippen LogP contribution in [0.2, 0.25) is 5.02 Å². The SMILES string of the molecule is O=C(Nc1ccc(OC(F)(F)F)cc1)Nc1ccccc1C=Cc1ccc(Cl)cc1. The standard InChI is InChI=1S/C22H16ClF3N2O2/c23-17-9-6-15(7-10-17)5-8-16-3-1-2-4-20(16)28-21(29)27-18-11-13-19(14-12-18)30-22(24,25)26/h1-14H,(H2,27,28,29). The Morgan fingerprint density at radius 3 is 2.20 bits per heavy atom. The van der Waals surface area contributed by atoms with Crippen LogP contribution in [0.15, 0.2) is 72.8 Å². The van der Waals surface area contributed by atoms with Crippen LogP contribution in [-0.4, -0.2) is 12.4 Å². The van der Waals surface area contributed by atoms with Crippen LogP contribution >= 0.6 is 11.6 Å². The molecule has 154 valence electrons. The summed E-state index contributed by atoms with van der Waals surface area (Å²) < 4.78 is 40.4. The van der Waals surface area contributed by atoms with E-state index in [2.05, 4.69) is 15.4 Å². The molecule has 2 amide bonds. The Hall–Kier alpha value is -3.45. The smallest absolute Gasteiger partial charge is 0.406 e. The summed E-state index contributed by atoms with van der Waals surface area (Å²) in [5, 5.41) is 5.93. The van der Waals surface area contributed by atoms with Crippen molar-refractivity contribution in [1.29, 1.82) is 0 Å². The molecule has 0 saturated carbocycles. The van der Waals surface area contributed by atoms with E-state index >= 15 is 0 Å². The maximum absolute atomic E-state index is 12.3. The summed E-state index contributed by atoms with van der Waals surface area (Å²) in [5.41, 5.74) is 2.60. The molecule has 3 rings (SSSR count). The van der Waals surface area contributed by atoms with Crippen LogP contribution in [0.4, 0.5) is 29.3 Å². The van der Waals surface area contributed by atoms with Crippen molar-refractivity contribution >= 4 is 41.2 Å². The van der Waals surface area contributed by atoms with E-state index < -0.39 is 12.4 Å². The molecule has 0 atom stereocenters. The van der Waals surface area contributed by atoms with Crippen molar-refractivity contribution in [2.24, 2.45) is 0 Å². The molecule has 0 fully saturated rings. The van der Waals surface area contributed by atoms with Crippen molar-refractivity contribution in [3.63, 3.8) is 0 Å². The van der Waals surface area contributed by atoms with Gasteiger partial charge in [-0.15, -0.1) is 13.2 Å². The summed E-state index contributed by atoms with van der Waals surface area (Å²) in [6, 6.07) is 18.8. The fourth-order valence-corrected chi connectivity index (χ4v) is 2.67. The van der Waals surface area contributed by atoms with Crippen molar-refractivity contribution < 1.29 is 22.7 Å². The Kier molecular flexibility index (Phi) is 6.64. The first-order valence-corrected chi connectivity index (χ1v) is 9.13. The zero-order chi connectivity index (χ0) is 21.6. The van der Waals surface area contributed by atoms with Gasteiger partial charge < -0.3 is 15.4 Å². The quantitative estimate of drug-likeness (QED) is 0.424. The largest absolute Gasteiger partial charge is 0.573 e. The number of amides is 2. The molecule has 0 heterocycles. The van der Waals surface area contributed by atoms with Crippen molar-refractivity contribution in [1.82, 2.24) is 0 Å². The second-order valence-electron chi connectivity index (χ2n) is 6.12. The lowest BCUT2D eigenvalue weighted by molar-refractivity contribution is -0.274. The number of halogens is 4. The average Bonchev–Trinajstić information content (AvgIpc) is 2.69. The van der Waals surface area contributed by atoms with Crippen LogP contribution in [0, 0.1) is 0 Å². The zero-order valence-corrected chi connectivity index (χ0v) is 16.2. The van der Waals surface area contributed by atoms with E-state index in [1.54, 1.807) is 24.3 Å². The molecule has 3 aromatic rings. The van der Waals surface area contributed by atoms with E-state index in [4.69, 9.17) is 11.6 Å². The number of urea groups is 1. The number of anilines is 2. The number of carbonyl (C=O) groups excluding carboxylic acids is 1. The maximum Gasteiger partial charge on any atom is 0.573 e. The van der Waals surface area contributed by atoms with Gasteiger partial charge in [0.1, 0.15) is 5.75 Å². The fraction of sp³-hybridized carbons (Fsp3) is 0.0455. The number of nitrogens with one attached hydrogen (secondary N) is 2. The number of alkyl halides is 3. The van der Waals surface area contributed by atoms with Gasteiger partial charge in [0, 0.05) is 16.4 Å². The van der Waals surface area contributed by atoms with Gasteiger partial charge in [-0.3, -0.25) is 0 Å². The van der Waals surface area contributed by atoms with Crippen LogP contribution in [0.3, 0.4) is 0 Å². The Morgan fingerprint density at radius 2 is 1.53 bits per heavy atom. The number of para-hydroxylation sites is 1. The predicted molar refractivity (Wildman–Crippen MR) is 113 cm³/mol. The number of rotatable bonds is 5. The van der Waals surface area contributed by atoms with Gasteiger partial charge in [0.25, 0.3) is 0 Å². The highest BCUT2D eigenvalue weighted by molar-refractivity contribution is 6.30. The van der Waals surface area contributed by atoms with E-state index in [-0.39, 0.29) is 5.75 Å². The molecule has 3 aromatic carbocycles.